The Morgan fingerprint density at radius 2 is 2.17 bits per heavy atom. The highest BCUT2D eigenvalue weighted by atomic mass is 35.5. The molecule has 1 saturated carbocycles. The van der Waals surface area contributed by atoms with Crippen molar-refractivity contribution in [2.75, 3.05) is 5.75 Å². The van der Waals surface area contributed by atoms with Gasteiger partial charge in [0.1, 0.15) is 5.49 Å². The second-order valence-electron chi connectivity index (χ2n) is 7.30. The molecular formula is C20H23ClN6OS. The molecule has 0 aliphatic heterocycles. The summed E-state index contributed by atoms with van der Waals surface area (Å²) in [5.41, 5.74) is 2.24. The summed E-state index contributed by atoms with van der Waals surface area (Å²) in [7, 11) is 0. The molecule has 7 nitrogen and oxygen atoms in total. The number of halogens is 1. The number of carbonyl (C=O) groups is 1. The van der Waals surface area contributed by atoms with E-state index in [0.29, 0.717) is 21.2 Å². The molecule has 2 aromatic heterocycles. The van der Waals surface area contributed by atoms with Gasteiger partial charge in [0.2, 0.25) is 5.91 Å². The number of nitrogens with one attached hydrogen (secondary N) is 3. The number of benzene rings is 1. The highest BCUT2D eigenvalue weighted by Crippen LogP contribution is 2.23. The van der Waals surface area contributed by atoms with E-state index in [0.717, 1.165) is 24.2 Å². The molecule has 1 aliphatic rings. The minimum absolute atomic E-state index is 0.00817. The van der Waals surface area contributed by atoms with Gasteiger partial charge in [-0.2, -0.15) is 5.10 Å². The summed E-state index contributed by atoms with van der Waals surface area (Å²) >= 11 is 7.48. The average Bonchev–Trinajstić information content (AvgIpc) is 3.08. The molecule has 1 aromatic carbocycles. The number of aromatic nitrogens is 4. The number of hydrogen-bond donors (Lipinski definition) is 3. The monoisotopic (exact) mass is 430 g/mol. The quantitative estimate of drug-likeness (QED) is 0.424. The fourth-order valence-electron chi connectivity index (χ4n) is 3.73. The smallest absolute Gasteiger partial charge is 0.230 e. The number of nitrogens with zero attached hydrogens (tertiary/aromatic N) is 3. The Bertz CT molecular complexity index is 1100. The highest BCUT2D eigenvalue weighted by Gasteiger charge is 2.19. The van der Waals surface area contributed by atoms with Crippen LogP contribution < -0.4 is 10.8 Å². The van der Waals surface area contributed by atoms with Crippen molar-refractivity contribution in [2.24, 2.45) is 0 Å². The maximum Gasteiger partial charge on any atom is 0.230 e. The van der Waals surface area contributed by atoms with Crippen molar-refractivity contribution in [3.8, 4) is 5.69 Å². The second kappa shape index (κ2) is 8.59. The fourth-order valence-corrected chi connectivity index (χ4v) is 4.73. The third-order valence-electron chi connectivity index (χ3n) is 5.15. The standard InChI is InChI=1S/C20H23ClN6OS/c1-12-17-18(22)27(15-9-5-6-13(21)10-15)20(24-19(17)26-25-12)29-11-16(28)23-14-7-3-2-4-8-14/h5-6,9-10,14,22H,2-4,7-8,11H2,1H3,(H,23,28)(H,25,26). The normalized spacial score (nSPS) is 15.0. The fraction of sp³-hybridized carbons (Fsp3) is 0.400. The predicted molar refractivity (Wildman–Crippen MR) is 115 cm³/mol. The summed E-state index contributed by atoms with van der Waals surface area (Å²) in [4.78, 5) is 17.1. The molecule has 0 spiro atoms. The Morgan fingerprint density at radius 3 is 2.93 bits per heavy atom. The maximum atomic E-state index is 12.5. The van der Waals surface area contributed by atoms with Gasteiger partial charge >= 0.3 is 0 Å². The Kier molecular flexibility index (Phi) is 5.91. The van der Waals surface area contributed by atoms with Crippen molar-refractivity contribution in [1.82, 2.24) is 25.1 Å². The van der Waals surface area contributed by atoms with Gasteiger partial charge < -0.3 is 5.32 Å². The first-order valence-electron chi connectivity index (χ1n) is 9.73. The minimum Gasteiger partial charge on any atom is -0.353 e. The lowest BCUT2D eigenvalue weighted by molar-refractivity contribution is -0.119. The first-order valence-corrected chi connectivity index (χ1v) is 11.1. The molecule has 1 fully saturated rings. The molecule has 2 heterocycles. The van der Waals surface area contributed by atoms with E-state index in [-0.39, 0.29) is 23.2 Å². The number of rotatable bonds is 5. The number of hydrogen-bond acceptors (Lipinski definition) is 5. The number of aryl methyl sites for hydroxylation is 1. The zero-order chi connectivity index (χ0) is 20.4. The van der Waals surface area contributed by atoms with Gasteiger partial charge in [0, 0.05) is 16.8 Å². The molecule has 0 atom stereocenters. The van der Waals surface area contributed by atoms with Crippen molar-refractivity contribution in [1.29, 1.82) is 5.41 Å². The van der Waals surface area contributed by atoms with E-state index < -0.39 is 0 Å². The van der Waals surface area contributed by atoms with Gasteiger partial charge in [0.05, 0.1) is 16.8 Å². The summed E-state index contributed by atoms with van der Waals surface area (Å²) in [6.07, 6.45) is 5.69. The van der Waals surface area contributed by atoms with Crippen LogP contribution in [0.2, 0.25) is 5.02 Å². The van der Waals surface area contributed by atoms with Crippen LogP contribution >= 0.6 is 23.4 Å². The van der Waals surface area contributed by atoms with E-state index in [4.69, 9.17) is 17.0 Å². The van der Waals surface area contributed by atoms with Crippen LogP contribution in [0.4, 0.5) is 0 Å². The van der Waals surface area contributed by atoms with Crippen molar-refractivity contribution >= 4 is 40.3 Å². The van der Waals surface area contributed by atoms with E-state index in [1.165, 1.54) is 31.0 Å². The van der Waals surface area contributed by atoms with E-state index in [1.807, 2.05) is 19.1 Å². The van der Waals surface area contributed by atoms with Crippen molar-refractivity contribution < 1.29 is 4.79 Å². The number of aromatic amines is 1. The molecule has 1 amide bonds. The second-order valence-corrected chi connectivity index (χ2v) is 8.68. The van der Waals surface area contributed by atoms with Crippen LogP contribution in [0.1, 0.15) is 37.8 Å². The summed E-state index contributed by atoms with van der Waals surface area (Å²) in [5.74, 6) is 0.226. The third-order valence-corrected chi connectivity index (χ3v) is 6.32. The number of carbonyl (C=O) groups excluding carboxylic acids is 1. The highest BCUT2D eigenvalue weighted by molar-refractivity contribution is 7.99. The lowest BCUT2D eigenvalue weighted by Gasteiger charge is -2.22. The zero-order valence-corrected chi connectivity index (χ0v) is 17.7. The minimum atomic E-state index is -0.00817. The topological polar surface area (TPSA) is 99.4 Å². The molecule has 9 heteroatoms. The number of thioether (sulfide) groups is 1. The lowest BCUT2D eigenvalue weighted by atomic mass is 9.95. The Labute approximate surface area is 177 Å². The van der Waals surface area contributed by atoms with E-state index >= 15 is 0 Å². The van der Waals surface area contributed by atoms with Crippen LogP contribution in [0.3, 0.4) is 0 Å². The molecule has 0 bridgehead atoms. The molecule has 1 aliphatic carbocycles. The molecule has 3 N–H and O–H groups in total. The summed E-state index contributed by atoms with van der Waals surface area (Å²) in [5, 5.41) is 20.7. The molecule has 0 unspecified atom stereocenters. The summed E-state index contributed by atoms with van der Waals surface area (Å²) in [6.45, 7) is 1.86. The van der Waals surface area contributed by atoms with Crippen LogP contribution in [0, 0.1) is 12.3 Å². The first-order chi connectivity index (χ1) is 14.0. The Balaban J connectivity index is 1.65. The van der Waals surface area contributed by atoms with Gasteiger partial charge in [-0.3, -0.25) is 19.9 Å². The van der Waals surface area contributed by atoms with Gasteiger partial charge in [0.15, 0.2) is 10.8 Å². The molecule has 0 radical (unpaired) electrons. The van der Waals surface area contributed by atoms with E-state index in [9.17, 15) is 4.79 Å². The molecular weight excluding hydrogens is 408 g/mol. The number of fused-ring (bicyclic) bond motifs is 1. The van der Waals surface area contributed by atoms with Crippen LogP contribution in [-0.4, -0.2) is 37.5 Å². The molecule has 4 rings (SSSR count). The summed E-state index contributed by atoms with van der Waals surface area (Å²) in [6, 6.07) is 7.55. The van der Waals surface area contributed by atoms with Crippen LogP contribution in [0.5, 0.6) is 0 Å². The Hall–Kier alpha value is -2.32. The molecule has 152 valence electrons. The number of amides is 1. The van der Waals surface area contributed by atoms with E-state index in [2.05, 4.69) is 20.5 Å². The van der Waals surface area contributed by atoms with Crippen molar-refractivity contribution in [2.45, 2.75) is 50.2 Å². The molecule has 29 heavy (non-hydrogen) atoms. The van der Waals surface area contributed by atoms with Crippen LogP contribution in [0.25, 0.3) is 16.7 Å². The predicted octanol–water partition coefficient (Wildman–Crippen LogP) is 3.73. The molecule has 0 saturated heterocycles. The average molecular weight is 431 g/mol. The van der Waals surface area contributed by atoms with Crippen LogP contribution in [0.15, 0.2) is 29.4 Å². The van der Waals surface area contributed by atoms with Gasteiger partial charge in [-0.05, 0) is 38.0 Å². The maximum absolute atomic E-state index is 12.5. The Morgan fingerprint density at radius 1 is 1.38 bits per heavy atom. The van der Waals surface area contributed by atoms with Crippen molar-refractivity contribution in [3.05, 3.63) is 40.5 Å². The zero-order valence-electron chi connectivity index (χ0n) is 16.2. The van der Waals surface area contributed by atoms with Crippen molar-refractivity contribution in [3.63, 3.8) is 0 Å². The van der Waals surface area contributed by atoms with E-state index in [1.54, 1.807) is 16.7 Å². The summed E-state index contributed by atoms with van der Waals surface area (Å²) < 4.78 is 1.72. The first kappa shape index (κ1) is 20.0. The lowest BCUT2D eigenvalue weighted by Crippen LogP contribution is -2.37. The largest absolute Gasteiger partial charge is 0.353 e. The van der Waals surface area contributed by atoms with Gasteiger partial charge in [-0.15, -0.1) is 0 Å². The third kappa shape index (κ3) is 4.33. The van der Waals surface area contributed by atoms with Gasteiger partial charge in [-0.1, -0.05) is 48.7 Å². The SMILES string of the molecule is Cc1[nH]nc2nc(SCC(=O)NC3CCCCC3)n(-c3cccc(Cl)c3)c(=N)c12. The van der Waals surface area contributed by atoms with Gasteiger partial charge in [-0.25, -0.2) is 4.98 Å². The molecule has 3 aromatic rings. The number of H-pyrrole nitrogens is 1. The van der Waals surface area contributed by atoms with Crippen LogP contribution in [-0.2, 0) is 4.79 Å². The van der Waals surface area contributed by atoms with Gasteiger partial charge in [0.25, 0.3) is 0 Å².